The van der Waals surface area contributed by atoms with Crippen molar-refractivity contribution in [3.8, 4) is 5.88 Å². The summed E-state index contributed by atoms with van der Waals surface area (Å²) in [5.41, 5.74) is 2.10. The Morgan fingerprint density at radius 2 is 1.93 bits per heavy atom. The maximum absolute atomic E-state index is 13.5. The first kappa shape index (κ1) is 19.5. The van der Waals surface area contributed by atoms with Crippen LogP contribution in [0.15, 0.2) is 65.3 Å². The van der Waals surface area contributed by atoms with Gasteiger partial charge in [0, 0.05) is 39.7 Å². The largest absolute Gasteiger partial charge is 0.481 e. The van der Waals surface area contributed by atoms with E-state index >= 15 is 0 Å². The third kappa shape index (κ3) is 4.73. The minimum atomic E-state index is -0.413. The number of carbonyl (C=O) groups excluding carboxylic acids is 1. The Hall–Kier alpha value is -2.24. The van der Waals surface area contributed by atoms with Gasteiger partial charge in [0.1, 0.15) is 5.82 Å². The molecule has 0 fully saturated rings. The molecule has 3 aromatic rings. The van der Waals surface area contributed by atoms with Crippen LogP contribution in [0.1, 0.15) is 33.8 Å². The Balaban J connectivity index is 1.96. The molecule has 0 amide bonds. The average molecular weight is 449 g/mol. The zero-order valence-corrected chi connectivity index (χ0v) is 16.8. The van der Waals surface area contributed by atoms with Crippen LogP contribution in [0.25, 0.3) is 0 Å². The van der Waals surface area contributed by atoms with Crippen molar-refractivity contribution >= 4 is 33.3 Å². The number of carbonyl (C=O) groups is 1. The van der Waals surface area contributed by atoms with Gasteiger partial charge < -0.3 is 4.74 Å². The summed E-state index contributed by atoms with van der Waals surface area (Å²) < 4.78 is 19.4. The van der Waals surface area contributed by atoms with Crippen molar-refractivity contribution in [2.45, 2.75) is 12.3 Å². The lowest BCUT2D eigenvalue weighted by molar-refractivity contribution is 0.0977. The molecule has 0 N–H and O–H groups in total. The number of Topliss-reactive ketones (excluding diaryl/α,β-unsaturated/α-hetero) is 1. The molecule has 0 aliphatic carbocycles. The van der Waals surface area contributed by atoms with Crippen molar-refractivity contribution in [3.63, 3.8) is 0 Å². The van der Waals surface area contributed by atoms with Gasteiger partial charge in [-0.1, -0.05) is 45.7 Å². The Labute approximate surface area is 170 Å². The number of hydrogen-bond donors (Lipinski definition) is 0. The number of benzene rings is 2. The van der Waals surface area contributed by atoms with E-state index in [9.17, 15) is 9.18 Å². The third-order valence-electron chi connectivity index (χ3n) is 4.27. The predicted molar refractivity (Wildman–Crippen MR) is 107 cm³/mol. The summed E-state index contributed by atoms with van der Waals surface area (Å²) >= 11 is 9.70. The summed E-state index contributed by atoms with van der Waals surface area (Å²) in [4.78, 5) is 16.9. The van der Waals surface area contributed by atoms with Crippen LogP contribution in [0.5, 0.6) is 5.88 Å². The van der Waals surface area contributed by atoms with Gasteiger partial charge in [-0.3, -0.25) is 4.79 Å². The molecule has 0 bridgehead atoms. The fourth-order valence-corrected chi connectivity index (χ4v) is 3.42. The second-order valence-corrected chi connectivity index (χ2v) is 7.31. The highest BCUT2D eigenvalue weighted by molar-refractivity contribution is 9.10. The van der Waals surface area contributed by atoms with Crippen molar-refractivity contribution < 1.29 is 13.9 Å². The maximum Gasteiger partial charge on any atom is 0.212 e. The minimum Gasteiger partial charge on any atom is -0.481 e. The van der Waals surface area contributed by atoms with Gasteiger partial charge in [0.2, 0.25) is 5.88 Å². The summed E-state index contributed by atoms with van der Waals surface area (Å²) in [5.74, 6) is -0.360. The van der Waals surface area contributed by atoms with E-state index in [1.807, 2.05) is 24.3 Å². The number of nitrogens with zero attached hydrogens (tertiary/aromatic N) is 1. The van der Waals surface area contributed by atoms with Crippen LogP contribution in [0.3, 0.4) is 0 Å². The normalized spacial score (nSPS) is 11.9. The lowest BCUT2D eigenvalue weighted by atomic mass is 9.86. The zero-order valence-electron chi connectivity index (χ0n) is 14.5. The van der Waals surface area contributed by atoms with E-state index in [1.165, 1.54) is 25.4 Å². The molecule has 2 aromatic carbocycles. The van der Waals surface area contributed by atoms with Crippen molar-refractivity contribution in [1.82, 2.24) is 4.98 Å². The van der Waals surface area contributed by atoms with Crippen LogP contribution in [0.4, 0.5) is 4.39 Å². The second-order valence-electron chi connectivity index (χ2n) is 5.99. The molecule has 27 heavy (non-hydrogen) atoms. The van der Waals surface area contributed by atoms with Crippen molar-refractivity contribution in [3.05, 3.63) is 92.8 Å². The van der Waals surface area contributed by atoms with E-state index in [1.54, 1.807) is 18.2 Å². The second kappa shape index (κ2) is 8.63. The van der Waals surface area contributed by atoms with Gasteiger partial charge in [-0.25, -0.2) is 9.37 Å². The molecule has 1 atom stereocenters. The molecule has 0 aliphatic heterocycles. The van der Waals surface area contributed by atoms with E-state index in [0.717, 1.165) is 10.0 Å². The Kier molecular flexibility index (Phi) is 6.24. The monoisotopic (exact) mass is 447 g/mol. The van der Waals surface area contributed by atoms with Crippen LogP contribution in [0.2, 0.25) is 5.02 Å². The molecule has 0 radical (unpaired) electrons. The van der Waals surface area contributed by atoms with E-state index in [4.69, 9.17) is 16.3 Å². The summed E-state index contributed by atoms with van der Waals surface area (Å²) in [6.45, 7) is 0. The van der Waals surface area contributed by atoms with Crippen LogP contribution >= 0.6 is 27.5 Å². The number of ketones is 1. The molecule has 6 heteroatoms. The Bertz CT molecular complexity index is 945. The molecule has 138 valence electrons. The number of methoxy groups -OCH3 is 1. The van der Waals surface area contributed by atoms with E-state index in [2.05, 4.69) is 20.9 Å². The van der Waals surface area contributed by atoms with Crippen LogP contribution in [-0.4, -0.2) is 17.9 Å². The van der Waals surface area contributed by atoms with Crippen molar-refractivity contribution in [1.29, 1.82) is 0 Å². The highest BCUT2D eigenvalue weighted by Crippen LogP contribution is 2.35. The van der Waals surface area contributed by atoms with Crippen LogP contribution in [0, 0.1) is 5.82 Å². The van der Waals surface area contributed by atoms with Crippen LogP contribution in [-0.2, 0) is 0 Å². The quantitative estimate of drug-likeness (QED) is 0.431. The van der Waals surface area contributed by atoms with Crippen molar-refractivity contribution in [2.24, 2.45) is 0 Å². The molecule has 1 heterocycles. The first-order valence-corrected chi connectivity index (χ1v) is 9.38. The maximum atomic E-state index is 13.5. The first-order chi connectivity index (χ1) is 13.0. The van der Waals surface area contributed by atoms with Gasteiger partial charge in [-0.15, -0.1) is 0 Å². The standard InChI is InChI=1S/C21H16BrClFNO2/c1-27-21-9-4-14(12-25-21)20(26)11-18(13-2-5-15(22)6-3-13)17-8-7-16(24)10-19(17)23/h2-10,12,18H,11H2,1H3. The molecular formula is C21H16BrClFNO2. The number of hydrogen-bond acceptors (Lipinski definition) is 3. The minimum absolute atomic E-state index is 0.0848. The first-order valence-electron chi connectivity index (χ1n) is 8.21. The van der Waals surface area contributed by atoms with Gasteiger partial charge in [0.15, 0.2) is 5.78 Å². The smallest absolute Gasteiger partial charge is 0.212 e. The molecule has 0 spiro atoms. The zero-order chi connectivity index (χ0) is 19.4. The van der Waals surface area contributed by atoms with Gasteiger partial charge in [-0.05, 0) is 41.5 Å². The van der Waals surface area contributed by atoms with Crippen LogP contribution < -0.4 is 4.74 Å². The highest BCUT2D eigenvalue weighted by Gasteiger charge is 2.22. The fraction of sp³-hybridized carbons (Fsp3) is 0.143. The summed E-state index contributed by atoms with van der Waals surface area (Å²) in [6, 6.07) is 15.2. The predicted octanol–water partition coefficient (Wildman–Crippen LogP) is 6.05. The molecule has 0 aliphatic rings. The van der Waals surface area contributed by atoms with Crippen molar-refractivity contribution in [2.75, 3.05) is 7.11 Å². The number of aromatic nitrogens is 1. The van der Waals surface area contributed by atoms with Gasteiger partial charge in [0.25, 0.3) is 0 Å². The Morgan fingerprint density at radius 1 is 1.19 bits per heavy atom. The fourth-order valence-electron chi connectivity index (χ4n) is 2.86. The average Bonchev–Trinajstić information content (AvgIpc) is 2.67. The molecule has 0 saturated heterocycles. The molecule has 1 aromatic heterocycles. The lowest BCUT2D eigenvalue weighted by Gasteiger charge is -2.19. The number of halogens is 3. The van der Waals surface area contributed by atoms with E-state index in [-0.39, 0.29) is 18.1 Å². The van der Waals surface area contributed by atoms with Gasteiger partial charge in [-0.2, -0.15) is 0 Å². The Morgan fingerprint density at radius 3 is 2.52 bits per heavy atom. The topological polar surface area (TPSA) is 39.2 Å². The SMILES string of the molecule is COc1ccc(C(=O)CC(c2ccc(Br)cc2)c2ccc(F)cc2Cl)cn1. The summed E-state index contributed by atoms with van der Waals surface area (Å²) in [6.07, 6.45) is 1.67. The van der Waals surface area contributed by atoms with Gasteiger partial charge >= 0.3 is 0 Å². The van der Waals surface area contributed by atoms with Gasteiger partial charge in [0.05, 0.1) is 7.11 Å². The number of rotatable bonds is 6. The lowest BCUT2D eigenvalue weighted by Crippen LogP contribution is -2.10. The third-order valence-corrected chi connectivity index (χ3v) is 5.12. The van der Waals surface area contributed by atoms with E-state index < -0.39 is 5.82 Å². The highest BCUT2D eigenvalue weighted by atomic mass is 79.9. The molecule has 1 unspecified atom stereocenters. The molecule has 0 saturated carbocycles. The van der Waals surface area contributed by atoms with E-state index in [0.29, 0.717) is 22.0 Å². The number of pyridine rings is 1. The summed E-state index contributed by atoms with van der Waals surface area (Å²) in [5, 5.41) is 0.295. The summed E-state index contributed by atoms with van der Waals surface area (Å²) in [7, 11) is 1.52. The molecule has 3 rings (SSSR count). The molecule has 3 nitrogen and oxygen atoms in total. The number of ether oxygens (including phenoxy) is 1. The molecular weight excluding hydrogens is 433 g/mol.